The van der Waals surface area contributed by atoms with E-state index in [0.717, 1.165) is 18.5 Å². The Labute approximate surface area is 147 Å². The molecule has 6 nitrogen and oxygen atoms in total. The van der Waals surface area contributed by atoms with Crippen LogP contribution in [0.1, 0.15) is 59.1 Å². The Morgan fingerprint density at radius 1 is 1.32 bits per heavy atom. The molecule has 132 valence electrons. The molecule has 1 fully saturated rings. The molecule has 1 aliphatic rings. The molecule has 0 N–H and O–H groups in total. The molecule has 2 aromatic heterocycles. The summed E-state index contributed by atoms with van der Waals surface area (Å²) >= 11 is 0. The van der Waals surface area contributed by atoms with Crippen molar-refractivity contribution in [3.8, 4) is 0 Å². The maximum atomic E-state index is 12.9. The molecular weight excluding hydrogens is 316 g/mol. The monoisotopic (exact) mass is 340 g/mol. The number of aromatic nitrogens is 3. The van der Waals surface area contributed by atoms with Crippen LogP contribution in [0.2, 0.25) is 0 Å². The largest absolute Gasteiger partial charge is 0.337 e. The zero-order valence-electron chi connectivity index (χ0n) is 15.0. The number of aryl methyl sites for hydroxylation is 1. The lowest BCUT2D eigenvalue weighted by atomic mass is 9.90. The van der Waals surface area contributed by atoms with Crippen LogP contribution in [0.15, 0.2) is 30.6 Å². The SMILES string of the molecule is CC(C)c1cc(C(=O)N2CCC[C@@H](C(=O)c3cccnc3)C2)n(C)n1. The smallest absolute Gasteiger partial charge is 0.272 e. The Morgan fingerprint density at radius 2 is 2.12 bits per heavy atom. The van der Waals surface area contributed by atoms with Gasteiger partial charge in [0.25, 0.3) is 5.91 Å². The number of carbonyl (C=O) groups excluding carboxylic acids is 2. The molecule has 0 saturated carbocycles. The van der Waals surface area contributed by atoms with E-state index >= 15 is 0 Å². The number of rotatable bonds is 4. The van der Waals surface area contributed by atoms with Crippen molar-refractivity contribution in [1.29, 1.82) is 0 Å². The molecule has 1 saturated heterocycles. The van der Waals surface area contributed by atoms with E-state index in [2.05, 4.69) is 23.9 Å². The lowest BCUT2D eigenvalue weighted by Crippen LogP contribution is -2.43. The number of piperidine rings is 1. The van der Waals surface area contributed by atoms with Gasteiger partial charge in [0.1, 0.15) is 5.69 Å². The number of hydrogen-bond donors (Lipinski definition) is 0. The number of hydrogen-bond acceptors (Lipinski definition) is 4. The van der Waals surface area contributed by atoms with E-state index in [1.807, 2.05) is 6.07 Å². The fraction of sp³-hybridized carbons (Fsp3) is 0.474. The first-order valence-electron chi connectivity index (χ1n) is 8.75. The van der Waals surface area contributed by atoms with Crippen molar-refractivity contribution in [2.24, 2.45) is 13.0 Å². The molecule has 3 rings (SSSR count). The van der Waals surface area contributed by atoms with E-state index in [9.17, 15) is 9.59 Å². The van der Waals surface area contributed by atoms with E-state index in [1.165, 1.54) is 0 Å². The third-order valence-corrected chi connectivity index (χ3v) is 4.73. The second kappa shape index (κ2) is 7.17. The van der Waals surface area contributed by atoms with Gasteiger partial charge < -0.3 is 4.90 Å². The molecule has 0 aromatic carbocycles. The second-order valence-electron chi connectivity index (χ2n) is 6.93. The molecule has 25 heavy (non-hydrogen) atoms. The molecule has 1 aliphatic heterocycles. The Kier molecular flexibility index (Phi) is 4.97. The molecule has 6 heteroatoms. The third kappa shape index (κ3) is 3.62. The van der Waals surface area contributed by atoms with Crippen molar-refractivity contribution in [2.75, 3.05) is 13.1 Å². The lowest BCUT2D eigenvalue weighted by molar-refractivity contribution is 0.0628. The summed E-state index contributed by atoms with van der Waals surface area (Å²) < 4.78 is 1.64. The number of amides is 1. The first-order chi connectivity index (χ1) is 12.0. The molecule has 0 radical (unpaired) electrons. The summed E-state index contributed by atoms with van der Waals surface area (Å²) in [6, 6.07) is 5.41. The van der Waals surface area contributed by atoms with Gasteiger partial charge in [-0.3, -0.25) is 19.3 Å². The van der Waals surface area contributed by atoms with Crippen LogP contribution in [0.25, 0.3) is 0 Å². The van der Waals surface area contributed by atoms with Crippen LogP contribution in [-0.4, -0.2) is 44.4 Å². The average Bonchev–Trinajstić information content (AvgIpc) is 3.03. The number of likely N-dealkylation sites (tertiary alicyclic amines) is 1. The summed E-state index contributed by atoms with van der Waals surface area (Å²) in [5.74, 6) is 0.123. The topological polar surface area (TPSA) is 68.1 Å². The summed E-state index contributed by atoms with van der Waals surface area (Å²) in [7, 11) is 1.79. The Balaban J connectivity index is 1.75. The predicted molar refractivity (Wildman–Crippen MR) is 94.5 cm³/mol. The summed E-state index contributed by atoms with van der Waals surface area (Å²) in [4.78, 5) is 31.4. The quantitative estimate of drug-likeness (QED) is 0.803. The summed E-state index contributed by atoms with van der Waals surface area (Å²) in [6.45, 7) is 5.24. The van der Waals surface area contributed by atoms with Crippen LogP contribution in [0.4, 0.5) is 0 Å². The Bertz CT molecular complexity index is 767. The van der Waals surface area contributed by atoms with Gasteiger partial charge in [-0.1, -0.05) is 13.8 Å². The van der Waals surface area contributed by atoms with Gasteiger partial charge in [0.15, 0.2) is 5.78 Å². The van der Waals surface area contributed by atoms with Gasteiger partial charge >= 0.3 is 0 Å². The maximum Gasteiger partial charge on any atom is 0.272 e. The summed E-state index contributed by atoms with van der Waals surface area (Å²) in [5, 5.41) is 4.42. The van der Waals surface area contributed by atoms with Gasteiger partial charge in [0.05, 0.1) is 5.69 Å². The fourth-order valence-corrected chi connectivity index (χ4v) is 3.25. The van der Waals surface area contributed by atoms with Gasteiger partial charge in [-0.05, 0) is 37.0 Å². The van der Waals surface area contributed by atoms with Crippen LogP contribution >= 0.6 is 0 Å². The number of carbonyl (C=O) groups is 2. The third-order valence-electron chi connectivity index (χ3n) is 4.73. The second-order valence-corrected chi connectivity index (χ2v) is 6.93. The van der Waals surface area contributed by atoms with E-state index in [1.54, 1.807) is 41.2 Å². The van der Waals surface area contributed by atoms with Crippen LogP contribution in [-0.2, 0) is 7.05 Å². The summed E-state index contributed by atoms with van der Waals surface area (Å²) in [5.41, 5.74) is 2.11. The highest BCUT2D eigenvalue weighted by Gasteiger charge is 2.30. The molecule has 1 amide bonds. The first-order valence-corrected chi connectivity index (χ1v) is 8.75. The van der Waals surface area contributed by atoms with Gasteiger partial charge in [0, 0.05) is 44.0 Å². The zero-order chi connectivity index (χ0) is 18.0. The number of Topliss-reactive ketones (excluding diaryl/α,β-unsaturated/α-hetero) is 1. The minimum atomic E-state index is -0.167. The lowest BCUT2D eigenvalue weighted by Gasteiger charge is -2.32. The van der Waals surface area contributed by atoms with Crippen LogP contribution < -0.4 is 0 Å². The Hall–Kier alpha value is -2.50. The highest BCUT2D eigenvalue weighted by molar-refractivity contribution is 5.98. The van der Waals surface area contributed by atoms with E-state index < -0.39 is 0 Å². The van der Waals surface area contributed by atoms with Crippen LogP contribution in [0.3, 0.4) is 0 Å². The van der Waals surface area contributed by atoms with Crippen LogP contribution in [0.5, 0.6) is 0 Å². The normalized spacial score (nSPS) is 17.8. The van der Waals surface area contributed by atoms with E-state index in [4.69, 9.17) is 0 Å². The predicted octanol–water partition coefficient (Wildman–Crippen LogP) is 2.67. The highest BCUT2D eigenvalue weighted by Crippen LogP contribution is 2.23. The first kappa shape index (κ1) is 17.3. The molecule has 3 heterocycles. The highest BCUT2D eigenvalue weighted by atomic mass is 16.2. The molecular formula is C19H24N4O2. The zero-order valence-corrected chi connectivity index (χ0v) is 15.0. The minimum absolute atomic E-state index is 0.0504. The van der Waals surface area contributed by atoms with Crippen molar-refractivity contribution in [2.45, 2.75) is 32.6 Å². The number of ketones is 1. The van der Waals surface area contributed by atoms with Crippen molar-refractivity contribution in [3.05, 3.63) is 47.5 Å². The van der Waals surface area contributed by atoms with Gasteiger partial charge in [0.2, 0.25) is 0 Å². The van der Waals surface area contributed by atoms with Crippen LogP contribution in [0, 0.1) is 5.92 Å². The molecule has 1 atom stereocenters. The Morgan fingerprint density at radius 3 is 2.76 bits per heavy atom. The van der Waals surface area contributed by atoms with Crippen molar-refractivity contribution >= 4 is 11.7 Å². The fourth-order valence-electron chi connectivity index (χ4n) is 3.25. The van der Waals surface area contributed by atoms with Gasteiger partial charge in [-0.25, -0.2) is 0 Å². The molecule has 2 aromatic rings. The van der Waals surface area contributed by atoms with Crippen molar-refractivity contribution in [3.63, 3.8) is 0 Å². The van der Waals surface area contributed by atoms with Crippen molar-refractivity contribution in [1.82, 2.24) is 19.7 Å². The van der Waals surface area contributed by atoms with Crippen molar-refractivity contribution < 1.29 is 9.59 Å². The number of nitrogens with zero attached hydrogens (tertiary/aromatic N) is 4. The van der Waals surface area contributed by atoms with E-state index in [0.29, 0.717) is 24.3 Å². The standard InChI is InChI=1S/C19H24N4O2/c1-13(2)16-10-17(22(3)21-16)19(25)23-9-5-7-15(12-23)18(24)14-6-4-8-20-11-14/h4,6,8,10-11,13,15H,5,7,9,12H2,1-3H3/t15-/m1/s1. The summed E-state index contributed by atoms with van der Waals surface area (Å²) in [6.07, 6.45) is 4.89. The molecule has 0 spiro atoms. The average molecular weight is 340 g/mol. The molecule has 0 bridgehead atoms. The molecule has 0 unspecified atom stereocenters. The molecule has 0 aliphatic carbocycles. The number of pyridine rings is 1. The van der Waals surface area contributed by atoms with E-state index in [-0.39, 0.29) is 23.5 Å². The maximum absolute atomic E-state index is 12.9. The van der Waals surface area contributed by atoms with Gasteiger partial charge in [-0.2, -0.15) is 5.10 Å². The van der Waals surface area contributed by atoms with Gasteiger partial charge in [-0.15, -0.1) is 0 Å². The minimum Gasteiger partial charge on any atom is -0.337 e.